The fraction of sp³-hybridized carbons (Fsp3) is 0.0526. The van der Waals surface area contributed by atoms with Crippen molar-refractivity contribution in [3.8, 4) is 27.1 Å². The molecule has 1 N–H and O–H groups in total. The summed E-state index contributed by atoms with van der Waals surface area (Å²) in [5.41, 5.74) is 3.04. The molecule has 126 valence electrons. The van der Waals surface area contributed by atoms with Gasteiger partial charge in [-0.3, -0.25) is 4.98 Å². The summed E-state index contributed by atoms with van der Waals surface area (Å²) in [6.45, 7) is 1.69. The van der Waals surface area contributed by atoms with Gasteiger partial charge in [0.15, 0.2) is 0 Å². The van der Waals surface area contributed by atoms with Gasteiger partial charge in [0.25, 0.3) is 0 Å². The topological polar surface area (TPSA) is 86.9 Å². The van der Waals surface area contributed by atoms with Crippen LogP contribution < -0.4 is 0 Å². The number of hydrogen-bond donors (Lipinski definition) is 1. The van der Waals surface area contributed by atoms with Gasteiger partial charge in [-0.2, -0.15) is 5.26 Å². The van der Waals surface area contributed by atoms with E-state index in [9.17, 15) is 15.2 Å². The fourth-order valence-electron chi connectivity index (χ4n) is 2.75. The first-order valence-electron chi connectivity index (χ1n) is 7.66. The summed E-state index contributed by atoms with van der Waals surface area (Å²) in [4.78, 5) is 20.8. The van der Waals surface area contributed by atoms with Gasteiger partial charge in [0.05, 0.1) is 20.8 Å². The quantitative estimate of drug-likeness (QED) is 0.545. The molecule has 0 aliphatic rings. The molecule has 0 saturated carbocycles. The zero-order chi connectivity index (χ0) is 18.3. The van der Waals surface area contributed by atoms with Crippen LogP contribution in [0.5, 0.6) is 0 Å². The number of thiophene rings is 1. The smallest absolute Gasteiger partial charge is 0.347 e. The highest BCUT2D eigenvalue weighted by atomic mass is 32.1. The number of nitrogens with zero attached hydrogens (tertiary/aromatic N) is 3. The number of thiazole rings is 1. The van der Waals surface area contributed by atoms with Gasteiger partial charge in [0, 0.05) is 12.4 Å². The molecule has 0 radical (unpaired) electrons. The van der Waals surface area contributed by atoms with Gasteiger partial charge in [-0.05, 0) is 53.8 Å². The third kappa shape index (κ3) is 2.75. The molecule has 4 rings (SSSR count). The summed E-state index contributed by atoms with van der Waals surface area (Å²) < 4.78 is 0.880. The number of pyridine rings is 1. The van der Waals surface area contributed by atoms with Crippen molar-refractivity contribution in [3.63, 3.8) is 0 Å². The number of benzene rings is 1. The van der Waals surface area contributed by atoms with Crippen molar-refractivity contribution >= 4 is 38.7 Å². The number of rotatable bonds is 3. The molecule has 0 amide bonds. The van der Waals surface area contributed by atoms with Gasteiger partial charge in [-0.25, -0.2) is 9.78 Å². The molecule has 0 aliphatic heterocycles. The van der Waals surface area contributed by atoms with Crippen LogP contribution in [0.25, 0.3) is 31.1 Å². The maximum atomic E-state index is 11.3. The lowest BCUT2D eigenvalue weighted by atomic mass is 10.0. The monoisotopic (exact) mass is 377 g/mol. The number of aromatic nitrogens is 2. The summed E-state index contributed by atoms with van der Waals surface area (Å²) in [5.74, 6) is -0.968. The van der Waals surface area contributed by atoms with E-state index in [-0.39, 0.29) is 4.88 Å². The number of nitriles is 1. The van der Waals surface area contributed by atoms with Crippen LogP contribution >= 0.6 is 22.7 Å². The first kappa shape index (κ1) is 16.4. The lowest BCUT2D eigenvalue weighted by molar-refractivity contribution is 0.0701. The maximum Gasteiger partial charge on any atom is 0.347 e. The number of carbonyl (C=O) groups is 1. The van der Waals surface area contributed by atoms with Crippen molar-refractivity contribution in [2.24, 2.45) is 0 Å². The molecular weight excluding hydrogens is 366 g/mol. The molecule has 7 heteroatoms. The lowest BCUT2D eigenvalue weighted by Crippen LogP contribution is -1.94. The molecule has 0 spiro atoms. The number of fused-ring (bicyclic) bond motifs is 1. The fourth-order valence-corrected chi connectivity index (χ4v) is 4.81. The SMILES string of the molecule is Cc1nc(-c2cc3cc(-c4ccncc4)cc(C#N)c3s2)sc1C(=O)O. The average Bonchev–Trinajstić information content (AvgIpc) is 3.25. The normalized spacial score (nSPS) is 10.8. The second-order valence-corrected chi connectivity index (χ2v) is 7.69. The number of hydrogen-bond acceptors (Lipinski definition) is 6. The zero-order valence-electron chi connectivity index (χ0n) is 13.6. The van der Waals surface area contributed by atoms with Crippen LogP contribution in [0.1, 0.15) is 20.9 Å². The molecule has 3 aromatic heterocycles. The second kappa shape index (κ2) is 6.33. The predicted octanol–water partition coefficient (Wildman–Crippen LogP) is 4.97. The van der Waals surface area contributed by atoms with Crippen LogP contribution in [0.2, 0.25) is 0 Å². The van der Waals surface area contributed by atoms with Crippen molar-refractivity contribution < 1.29 is 9.90 Å². The minimum absolute atomic E-state index is 0.246. The minimum atomic E-state index is -0.968. The van der Waals surface area contributed by atoms with Crippen molar-refractivity contribution in [3.05, 3.63) is 58.9 Å². The summed E-state index contributed by atoms with van der Waals surface area (Å²) in [7, 11) is 0. The number of carboxylic acids is 1. The van der Waals surface area contributed by atoms with E-state index in [1.807, 2.05) is 30.3 Å². The minimum Gasteiger partial charge on any atom is -0.477 e. The van der Waals surface area contributed by atoms with Crippen molar-refractivity contribution in [2.45, 2.75) is 6.92 Å². The highest BCUT2D eigenvalue weighted by Gasteiger charge is 2.18. The summed E-state index contributed by atoms with van der Waals surface area (Å²) in [6.07, 6.45) is 3.44. The molecular formula is C19H11N3O2S2. The molecule has 1 aromatic carbocycles. The third-order valence-corrected chi connectivity index (χ3v) is 6.45. The average molecular weight is 377 g/mol. The van der Waals surface area contributed by atoms with Crippen LogP contribution in [0, 0.1) is 18.3 Å². The molecule has 26 heavy (non-hydrogen) atoms. The number of aromatic carboxylic acids is 1. The van der Waals surface area contributed by atoms with Crippen LogP contribution in [0.15, 0.2) is 42.7 Å². The predicted molar refractivity (Wildman–Crippen MR) is 103 cm³/mol. The Labute approximate surface area is 156 Å². The summed E-state index contributed by atoms with van der Waals surface area (Å²) in [6, 6.07) is 11.9. The van der Waals surface area contributed by atoms with E-state index in [0.29, 0.717) is 16.3 Å². The molecule has 0 fully saturated rings. The van der Waals surface area contributed by atoms with E-state index < -0.39 is 5.97 Å². The number of carboxylic acid groups (broad SMARTS) is 1. The van der Waals surface area contributed by atoms with Crippen LogP contribution in [-0.2, 0) is 0 Å². The Bertz CT molecular complexity index is 1190. The summed E-state index contributed by atoms with van der Waals surface area (Å²) >= 11 is 2.62. The highest BCUT2D eigenvalue weighted by Crippen LogP contribution is 2.39. The third-order valence-electron chi connectivity index (χ3n) is 3.95. The Morgan fingerprint density at radius 1 is 1.15 bits per heavy atom. The molecule has 0 saturated heterocycles. The van der Waals surface area contributed by atoms with Crippen LogP contribution in [0.3, 0.4) is 0 Å². The largest absolute Gasteiger partial charge is 0.477 e. The van der Waals surface area contributed by atoms with E-state index in [0.717, 1.165) is 37.4 Å². The van der Waals surface area contributed by atoms with E-state index in [1.165, 1.54) is 11.3 Å². The van der Waals surface area contributed by atoms with E-state index in [2.05, 4.69) is 16.0 Å². The Hall–Kier alpha value is -3.08. The van der Waals surface area contributed by atoms with Gasteiger partial charge in [0.1, 0.15) is 16.0 Å². The van der Waals surface area contributed by atoms with Crippen LogP contribution in [-0.4, -0.2) is 21.0 Å². The lowest BCUT2D eigenvalue weighted by Gasteiger charge is -2.02. The van der Waals surface area contributed by atoms with Gasteiger partial charge in [0.2, 0.25) is 0 Å². The van der Waals surface area contributed by atoms with E-state index in [4.69, 9.17) is 0 Å². The molecule has 0 unspecified atom stereocenters. The van der Waals surface area contributed by atoms with Crippen molar-refractivity contribution in [1.29, 1.82) is 5.26 Å². The molecule has 0 bridgehead atoms. The van der Waals surface area contributed by atoms with Gasteiger partial charge in [-0.1, -0.05) is 0 Å². The molecule has 0 aliphatic carbocycles. The van der Waals surface area contributed by atoms with E-state index in [1.54, 1.807) is 19.3 Å². The Kier molecular flexibility index (Phi) is 3.99. The molecule has 4 aromatic rings. The summed E-state index contributed by atoms with van der Waals surface area (Å²) in [5, 5.41) is 20.4. The van der Waals surface area contributed by atoms with Gasteiger partial charge >= 0.3 is 5.97 Å². The Balaban J connectivity index is 1.88. The zero-order valence-corrected chi connectivity index (χ0v) is 15.2. The van der Waals surface area contributed by atoms with Crippen LogP contribution in [0.4, 0.5) is 0 Å². The van der Waals surface area contributed by atoms with Gasteiger partial charge in [-0.15, -0.1) is 22.7 Å². The molecule has 3 heterocycles. The standard InChI is InChI=1S/C19H11N3O2S2/c1-10-16(19(23)24)26-18(22-10)15-8-13-6-12(11-2-4-21-5-3-11)7-14(9-20)17(13)25-15/h2-8H,1H3,(H,23,24). The van der Waals surface area contributed by atoms with E-state index >= 15 is 0 Å². The second-order valence-electron chi connectivity index (χ2n) is 5.64. The van der Waals surface area contributed by atoms with Gasteiger partial charge < -0.3 is 5.11 Å². The van der Waals surface area contributed by atoms with Crippen molar-refractivity contribution in [1.82, 2.24) is 9.97 Å². The van der Waals surface area contributed by atoms with Crippen molar-refractivity contribution in [2.75, 3.05) is 0 Å². The molecule has 5 nitrogen and oxygen atoms in total. The Morgan fingerprint density at radius 2 is 1.92 bits per heavy atom. The first-order chi connectivity index (χ1) is 12.6. The molecule has 0 atom stereocenters. The maximum absolute atomic E-state index is 11.3. The highest BCUT2D eigenvalue weighted by molar-refractivity contribution is 7.26. The first-order valence-corrected chi connectivity index (χ1v) is 9.29. The number of aryl methyl sites for hydroxylation is 1. The Morgan fingerprint density at radius 3 is 2.58 bits per heavy atom.